The Morgan fingerprint density at radius 1 is 1.24 bits per heavy atom. The standard InChI is InChI=1S/C12H12Br2N2S/c13-8-2-1-3-9(6-8)16-10(7-15)11-4-5-12(14)17-11/h1-6,10,16H,7,15H2. The monoisotopic (exact) mass is 374 g/mol. The molecule has 3 N–H and O–H groups in total. The molecule has 5 heteroatoms. The van der Waals surface area contributed by atoms with E-state index in [1.807, 2.05) is 30.3 Å². The molecule has 0 aliphatic carbocycles. The molecule has 90 valence electrons. The summed E-state index contributed by atoms with van der Waals surface area (Å²) in [6.45, 7) is 0.569. The van der Waals surface area contributed by atoms with Crippen LogP contribution in [0, 0.1) is 0 Å². The van der Waals surface area contributed by atoms with E-state index in [1.54, 1.807) is 11.3 Å². The van der Waals surface area contributed by atoms with E-state index >= 15 is 0 Å². The van der Waals surface area contributed by atoms with Crippen molar-refractivity contribution in [2.45, 2.75) is 6.04 Å². The maximum Gasteiger partial charge on any atom is 0.0729 e. The van der Waals surface area contributed by atoms with E-state index in [0.29, 0.717) is 6.54 Å². The van der Waals surface area contributed by atoms with Gasteiger partial charge in [0.25, 0.3) is 0 Å². The first-order chi connectivity index (χ1) is 8.19. The molecule has 0 aliphatic heterocycles. The Bertz CT molecular complexity index is 499. The first-order valence-electron chi connectivity index (χ1n) is 5.16. The highest BCUT2D eigenvalue weighted by atomic mass is 79.9. The number of nitrogens with one attached hydrogen (secondary N) is 1. The third-order valence-electron chi connectivity index (χ3n) is 2.34. The van der Waals surface area contributed by atoms with Crippen molar-refractivity contribution in [2.75, 3.05) is 11.9 Å². The molecule has 0 saturated heterocycles. The van der Waals surface area contributed by atoms with Crippen LogP contribution in [-0.2, 0) is 0 Å². The molecule has 17 heavy (non-hydrogen) atoms. The second-order valence-corrected chi connectivity index (χ2v) is 7.00. The zero-order valence-corrected chi connectivity index (χ0v) is 13.0. The van der Waals surface area contributed by atoms with Gasteiger partial charge in [0.15, 0.2) is 0 Å². The molecule has 1 atom stereocenters. The molecule has 1 heterocycles. The number of thiophene rings is 1. The van der Waals surface area contributed by atoms with E-state index in [2.05, 4.69) is 43.2 Å². The lowest BCUT2D eigenvalue weighted by molar-refractivity contribution is 0.806. The highest BCUT2D eigenvalue weighted by Crippen LogP contribution is 2.29. The van der Waals surface area contributed by atoms with Gasteiger partial charge in [-0.2, -0.15) is 0 Å². The van der Waals surface area contributed by atoms with E-state index in [4.69, 9.17) is 5.73 Å². The van der Waals surface area contributed by atoms with Crippen molar-refractivity contribution in [3.05, 3.63) is 49.5 Å². The number of halogens is 2. The average molecular weight is 376 g/mol. The van der Waals surface area contributed by atoms with Gasteiger partial charge in [0.2, 0.25) is 0 Å². The minimum atomic E-state index is 0.153. The highest BCUT2D eigenvalue weighted by molar-refractivity contribution is 9.11. The van der Waals surface area contributed by atoms with Crippen LogP contribution in [0.25, 0.3) is 0 Å². The van der Waals surface area contributed by atoms with Crippen LogP contribution in [0.1, 0.15) is 10.9 Å². The highest BCUT2D eigenvalue weighted by Gasteiger charge is 2.11. The van der Waals surface area contributed by atoms with Crippen molar-refractivity contribution < 1.29 is 0 Å². The lowest BCUT2D eigenvalue weighted by Gasteiger charge is -2.16. The summed E-state index contributed by atoms with van der Waals surface area (Å²) in [4.78, 5) is 1.24. The zero-order chi connectivity index (χ0) is 12.3. The van der Waals surface area contributed by atoms with Crippen LogP contribution in [0.5, 0.6) is 0 Å². The summed E-state index contributed by atoms with van der Waals surface area (Å²) in [5, 5.41) is 3.43. The van der Waals surface area contributed by atoms with Crippen LogP contribution in [0.3, 0.4) is 0 Å². The topological polar surface area (TPSA) is 38.0 Å². The summed E-state index contributed by atoms with van der Waals surface area (Å²) in [6, 6.07) is 12.4. The Morgan fingerprint density at radius 3 is 2.65 bits per heavy atom. The largest absolute Gasteiger partial charge is 0.376 e. The van der Waals surface area contributed by atoms with Crippen LogP contribution in [-0.4, -0.2) is 6.54 Å². The van der Waals surface area contributed by atoms with Gasteiger partial charge in [-0.15, -0.1) is 11.3 Å². The molecular weight excluding hydrogens is 364 g/mol. The van der Waals surface area contributed by atoms with Crippen molar-refractivity contribution in [1.29, 1.82) is 0 Å². The lowest BCUT2D eigenvalue weighted by atomic mass is 10.2. The van der Waals surface area contributed by atoms with Gasteiger partial charge in [0, 0.05) is 21.6 Å². The molecule has 0 amide bonds. The maximum absolute atomic E-state index is 5.82. The van der Waals surface area contributed by atoms with Crippen LogP contribution < -0.4 is 11.1 Å². The molecule has 1 aromatic heterocycles. The van der Waals surface area contributed by atoms with Crippen LogP contribution in [0.2, 0.25) is 0 Å². The molecule has 0 spiro atoms. The SMILES string of the molecule is NCC(Nc1cccc(Br)c1)c1ccc(Br)s1. The van der Waals surface area contributed by atoms with Crippen molar-refractivity contribution in [3.63, 3.8) is 0 Å². The van der Waals surface area contributed by atoms with Crippen molar-refractivity contribution in [3.8, 4) is 0 Å². The van der Waals surface area contributed by atoms with Crippen molar-refractivity contribution in [1.82, 2.24) is 0 Å². The first kappa shape index (κ1) is 13.1. The van der Waals surface area contributed by atoms with E-state index in [0.717, 1.165) is 13.9 Å². The second-order valence-electron chi connectivity index (χ2n) is 3.58. The second kappa shape index (κ2) is 6.00. The summed E-state index contributed by atoms with van der Waals surface area (Å²) >= 11 is 8.63. The minimum Gasteiger partial charge on any atom is -0.376 e. The zero-order valence-electron chi connectivity index (χ0n) is 8.99. The van der Waals surface area contributed by atoms with Gasteiger partial charge < -0.3 is 11.1 Å². The molecule has 0 bridgehead atoms. The predicted molar refractivity (Wildman–Crippen MR) is 81.6 cm³/mol. The molecular formula is C12H12Br2N2S. The number of benzene rings is 1. The van der Waals surface area contributed by atoms with E-state index < -0.39 is 0 Å². The Hall–Kier alpha value is -0.360. The van der Waals surface area contributed by atoms with Crippen LogP contribution in [0.4, 0.5) is 5.69 Å². The van der Waals surface area contributed by atoms with E-state index in [1.165, 1.54) is 4.88 Å². The third-order valence-corrected chi connectivity index (χ3v) is 4.57. The van der Waals surface area contributed by atoms with Crippen molar-refractivity contribution >= 4 is 48.9 Å². The van der Waals surface area contributed by atoms with Crippen LogP contribution >= 0.6 is 43.2 Å². The average Bonchev–Trinajstić information content (AvgIpc) is 2.73. The fourth-order valence-electron chi connectivity index (χ4n) is 1.54. The third kappa shape index (κ3) is 3.55. The Morgan fingerprint density at radius 2 is 2.06 bits per heavy atom. The first-order valence-corrected chi connectivity index (χ1v) is 7.56. The minimum absolute atomic E-state index is 0.153. The predicted octanol–water partition coefficient (Wildman–Crippen LogP) is 4.39. The summed E-state index contributed by atoms with van der Waals surface area (Å²) in [6.07, 6.45) is 0. The van der Waals surface area contributed by atoms with Gasteiger partial charge in [-0.25, -0.2) is 0 Å². The molecule has 2 nitrogen and oxygen atoms in total. The van der Waals surface area contributed by atoms with Gasteiger partial charge >= 0.3 is 0 Å². The quantitative estimate of drug-likeness (QED) is 0.831. The van der Waals surface area contributed by atoms with Crippen LogP contribution in [0.15, 0.2) is 44.7 Å². The molecule has 0 radical (unpaired) electrons. The number of anilines is 1. The Labute approximate surface area is 121 Å². The van der Waals surface area contributed by atoms with Crippen molar-refractivity contribution in [2.24, 2.45) is 5.73 Å². The lowest BCUT2D eigenvalue weighted by Crippen LogP contribution is -2.19. The summed E-state index contributed by atoms with van der Waals surface area (Å²) in [5.41, 5.74) is 6.89. The van der Waals surface area contributed by atoms with Gasteiger partial charge in [0.05, 0.1) is 9.83 Å². The molecule has 2 rings (SSSR count). The fourth-order valence-corrected chi connectivity index (χ4v) is 3.43. The smallest absolute Gasteiger partial charge is 0.0729 e. The molecule has 0 aliphatic rings. The molecule has 1 unspecified atom stereocenters. The van der Waals surface area contributed by atoms with E-state index in [9.17, 15) is 0 Å². The van der Waals surface area contributed by atoms with Gasteiger partial charge in [-0.05, 0) is 46.3 Å². The summed E-state index contributed by atoms with van der Waals surface area (Å²) in [5.74, 6) is 0. The summed E-state index contributed by atoms with van der Waals surface area (Å²) in [7, 11) is 0. The fraction of sp³-hybridized carbons (Fsp3) is 0.167. The Kier molecular flexibility index (Phi) is 4.62. The number of rotatable bonds is 4. The maximum atomic E-state index is 5.82. The number of hydrogen-bond donors (Lipinski definition) is 2. The Balaban J connectivity index is 2.15. The molecule has 1 aromatic carbocycles. The van der Waals surface area contributed by atoms with E-state index in [-0.39, 0.29) is 6.04 Å². The molecule has 2 aromatic rings. The molecule has 0 fully saturated rings. The molecule has 0 saturated carbocycles. The van der Waals surface area contributed by atoms with Gasteiger partial charge in [0.1, 0.15) is 0 Å². The number of hydrogen-bond acceptors (Lipinski definition) is 3. The summed E-state index contributed by atoms with van der Waals surface area (Å²) < 4.78 is 2.19. The van der Waals surface area contributed by atoms with Gasteiger partial charge in [-0.1, -0.05) is 22.0 Å². The normalized spacial score (nSPS) is 12.4. The number of nitrogens with two attached hydrogens (primary N) is 1. The van der Waals surface area contributed by atoms with Gasteiger partial charge in [-0.3, -0.25) is 0 Å².